The van der Waals surface area contributed by atoms with Gasteiger partial charge in [0, 0.05) is 29.5 Å². The number of hydrogen-bond acceptors (Lipinski definition) is 5. The molecule has 5 heteroatoms. The molecule has 3 aliphatic heterocycles. The molecule has 2 spiro atoms. The Hall–Kier alpha value is -1.69. The summed E-state index contributed by atoms with van der Waals surface area (Å²) in [5, 5.41) is 23.6. The van der Waals surface area contributed by atoms with E-state index >= 15 is 0 Å². The van der Waals surface area contributed by atoms with Crippen LogP contribution < -0.4 is 0 Å². The van der Waals surface area contributed by atoms with Gasteiger partial charge in [-0.15, -0.1) is 0 Å². The van der Waals surface area contributed by atoms with Crippen LogP contribution in [0.3, 0.4) is 0 Å². The molecule has 5 nitrogen and oxygen atoms in total. The Morgan fingerprint density at radius 2 is 1.97 bits per heavy atom. The molecule has 1 aromatic carbocycles. The van der Waals surface area contributed by atoms with Crippen LogP contribution in [-0.2, 0) is 4.74 Å². The van der Waals surface area contributed by atoms with Gasteiger partial charge >= 0.3 is 5.97 Å². The molecule has 1 unspecified atom stereocenters. The third-order valence-corrected chi connectivity index (χ3v) is 11.6. The van der Waals surface area contributed by atoms with Gasteiger partial charge in [-0.25, -0.2) is 4.79 Å². The minimum Gasteiger partial charge on any atom is -0.456 e. The van der Waals surface area contributed by atoms with Gasteiger partial charge in [-0.05, 0) is 72.5 Å². The van der Waals surface area contributed by atoms with E-state index in [9.17, 15) is 15.0 Å². The third kappa shape index (κ3) is 1.64. The van der Waals surface area contributed by atoms with E-state index in [0.29, 0.717) is 41.3 Å². The van der Waals surface area contributed by atoms with Gasteiger partial charge in [0.25, 0.3) is 0 Å². The number of carbonyl (C=O) groups is 1. The average Bonchev–Trinajstić information content (AvgIpc) is 3.20. The fourth-order valence-corrected chi connectivity index (χ4v) is 11.3. The molecule has 2 N–H and O–H groups in total. The summed E-state index contributed by atoms with van der Waals surface area (Å²) in [5.41, 5.74) is 1.23. The highest BCUT2D eigenvalue weighted by Gasteiger charge is 2.90. The first-order valence-corrected chi connectivity index (χ1v) is 12.4. The average molecular weight is 434 g/mol. The number of carbonyl (C=O) groups excluding carboxylic acids is 1. The summed E-state index contributed by atoms with van der Waals surface area (Å²) in [6.45, 7) is 7.71. The van der Waals surface area contributed by atoms with Crippen LogP contribution in [0.1, 0.15) is 43.0 Å². The maximum Gasteiger partial charge on any atom is 0.338 e. The number of aliphatic hydroxyl groups excluding tert-OH is 2. The standard InChI is InChI=1S/C27H31NO4/c1-13-15-8-16-21-27-19(9-15)26(16,22(13)29)10-17-20(27)25(2,12-28(17)21)11-18(23(27)30)32-24(31)14-6-4-3-5-7-14/h3-7,15-23,29-30H,1,8-12H2,2H3/t15-,16+,17-,18-,19+,20+,21+,22+,23+,25+,26+,27-/m0/s1. The Bertz CT molecular complexity index is 1070. The van der Waals surface area contributed by atoms with Crippen molar-refractivity contribution in [3.63, 3.8) is 0 Å². The molecule has 6 aliphatic carbocycles. The topological polar surface area (TPSA) is 70.0 Å². The summed E-state index contributed by atoms with van der Waals surface area (Å²) in [6.07, 6.45) is 2.32. The van der Waals surface area contributed by atoms with Gasteiger partial charge in [0.05, 0.1) is 17.8 Å². The molecule has 3 saturated heterocycles. The quantitative estimate of drug-likeness (QED) is 0.554. The first-order valence-electron chi connectivity index (χ1n) is 12.4. The predicted octanol–water partition coefficient (Wildman–Crippen LogP) is 2.63. The largest absolute Gasteiger partial charge is 0.456 e. The molecule has 1 aromatic rings. The molecule has 9 bridgehead atoms. The van der Waals surface area contributed by atoms with E-state index in [-0.39, 0.29) is 22.2 Å². The molecular formula is C27H31NO4. The summed E-state index contributed by atoms with van der Waals surface area (Å²) >= 11 is 0. The maximum absolute atomic E-state index is 13.0. The normalized spacial score (nSPS) is 59.7. The molecule has 0 aromatic heterocycles. The van der Waals surface area contributed by atoms with Crippen LogP contribution in [-0.4, -0.2) is 58.0 Å². The second-order valence-electron chi connectivity index (χ2n) is 12.4. The van der Waals surface area contributed by atoms with Gasteiger partial charge < -0.3 is 14.9 Å². The second-order valence-corrected chi connectivity index (χ2v) is 12.4. The molecule has 10 rings (SSSR count). The number of benzene rings is 1. The number of ether oxygens (including phenoxy) is 1. The van der Waals surface area contributed by atoms with E-state index in [1.54, 1.807) is 12.1 Å². The van der Waals surface area contributed by atoms with Crippen molar-refractivity contribution < 1.29 is 19.7 Å². The highest BCUT2D eigenvalue weighted by atomic mass is 16.6. The van der Waals surface area contributed by atoms with Crippen LogP contribution in [0.4, 0.5) is 0 Å². The van der Waals surface area contributed by atoms with Gasteiger partial charge in [-0.2, -0.15) is 0 Å². The number of fused-ring (bicyclic) bond motifs is 1. The zero-order valence-electron chi connectivity index (χ0n) is 18.5. The van der Waals surface area contributed by atoms with Crippen molar-refractivity contribution in [1.29, 1.82) is 0 Å². The van der Waals surface area contributed by atoms with E-state index in [0.717, 1.165) is 37.8 Å². The first kappa shape index (κ1) is 18.7. The number of nitrogens with zero attached hydrogens (tertiary/aromatic N) is 1. The molecule has 168 valence electrons. The fraction of sp³-hybridized carbons (Fsp3) is 0.667. The number of hydrogen-bond donors (Lipinski definition) is 2. The summed E-state index contributed by atoms with van der Waals surface area (Å²) in [4.78, 5) is 15.7. The van der Waals surface area contributed by atoms with E-state index in [1.165, 1.54) is 0 Å². The van der Waals surface area contributed by atoms with Crippen LogP contribution in [0.25, 0.3) is 0 Å². The van der Waals surface area contributed by atoms with Gasteiger partial charge in [0.15, 0.2) is 0 Å². The van der Waals surface area contributed by atoms with Crippen molar-refractivity contribution in [1.82, 2.24) is 4.90 Å². The Labute approximate surface area is 188 Å². The lowest BCUT2D eigenvalue weighted by Crippen LogP contribution is -2.69. The fourth-order valence-electron chi connectivity index (χ4n) is 11.3. The Morgan fingerprint density at radius 1 is 1.19 bits per heavy atom. The predicted molar refractivity (Wildman–Crippen MR) is 116 cm³/mol. The van der Waals surface area contributed by atoms with E-state index in [2.05, 4.69) is 18.4 Å². The lowest BCUT2D eigenvalue weighted by atomic mass is 9.39. The zero-order chi connectivity index (χ0) is 21.8. The van der Waals surface area contributed by atoms with Crippen LogP contribution >= 0.6 is 0 Å². The highest BCUT2D eigenvalue weighted by Crippen LogP contribution is 2.87. The molecule has 0 radical (unpaired) electrons. The Balaban J connectivity index is 1.25. The molecule has 32 heavy (non-hydrogen) atoms. The number of esters is 1. The lowest BCUT2D eigenvalue weighted by Gasteiger charge is -2.65. The third-order valence-electron chi connectivity index (χ3n) is 11.6. The molecule has 0 amide bonds. The number of piperidine rings is 2. The SMILES string of the molecule is C=C1[C@H]2C[C@@H]3[C@H]4N5C[C@@]6(C)C[C@H](OC(=O)c7ccccc7)[C@@H](O)[C@@]47[C@@H]6[C@@H]5C[C@]3([C@@H]1O)[C@H]7C2. The van der Waals surface area contributed by atoms with Crippen molar-refractivity contribution in [2.45, 2.75) is 63.0 Å². The summed E-state index contributed by atoms with van der Waals surface area (Å²) in [5.74, 6) is 1.18. The van der Waals surface area contributed by atoms with Crippen LogP contribution in [0.15, 0.2) is 42.5 Å². The molecule has 9 aliphatic rings. The summed E-state index contributed by atoms with van der Waals surface area (Å²) in [6, 6.07) is 9.89. The molecular weight excluding hydrogens is 402 g/mol. The second kappa shape index (κ2) is 5.34. The maximum atomic E-state index is 13.0. The van der Waals surface area contributed by atoms with Gasteiger partial charge in [0.2, 0.25) is 0 Å². The summed E-state index contributed by atoms with van der Waals surface area (Å²) < 4.78 is 6.10. The van der Waals surface area contributed by atoms with Crippen molar-refractivity contribution in [3.05, 3.63) is 48.0 Å². The Kier molecular flexibility index (Phi) is 3.12. The van der Waals surface area contributed by atoms with Gasteiger partial charge in [0.1, 0.15) is 6.10 Å². The van der Waals surface area contributed by atoms with Crippen molar-refractivity contribution in [2.75, 3.05) is 6.54 Å². The van der Waals surface area contributed by atoms with Crippen molar-refractivity contribution in [3.8, 4) is 0 Å². The monoisotopic (exact) mass is 433 g/mol. The molecule has 9 fully saturated rings. The number of rotatable bonds is 2. The minimum absolute atomic E-state index is 0.0440. The zero-order valence-corrected chi connectivity index (χ0v) is 18.5. The van der Waals surface area contributed by atoms with E-state index in [1.807, 2.05) is 18.2 Å². The van der Waals surface area contributed by atoms with Crippen molar-refractivity contribution >= 4 is 5.97 Å². The van der Waals surface area contributed by atoms with Crippen LogP contribution in [0.5, 0.6) is 0 Å². The smallest absolute Gasteiger partial charge is 0.338 e. The van der Waals surface area contributed by atoms with Crippen molar-refractivity contribution in [2.24, 2.45) is 39.9 Å². The Morgan fingerprint density at radius 3 is 2.75 bits per heavy atom. The summed E-state index contributed by atoms with van der Waals surface area (Å²) in [7, 11) is 0. The number of aliphatic hydroxyl groups is 2. The first-order chi connectivity index (χ1) is 15.3. The van der Waals surface area contributed by atoms with Crippen LogP contribution in [0, 0.1) is 39.9 Å². The lowest BCUT2D eigenvalue weighted by molar-refractivity contribution is -0.223. The van der Waals surface area contributed by atoms with E-state index in [4.69, 9.17) is 4.74 Å². The molecule has 3 heterocycles. The van der Waals surface area contributed by atoms with E-state index < -0.39 is 18.3 Å². The van der Waals surface area contributed by atoms with Crippen LogP contribution in [0.2, 0.25) is 0 Å². The molecule has 6 saturated carbocycles. The van der Waals surface area contributed by atoms with Gasteiger partial charge in [-0.1, -0.05) is 31.7 Å². The molecule has 13 atom stereocenters. The highest BCUT2D eigenvalue weighted by molar-refractivity contribution is 5.89. The van der Waals surface area contributed by atoms with Gasteiger partial charge in [-0.3, -0.25) is 4.90 Å². The minimum atomic E-state index is -0.668.